The van der Waals surface area contributed by atoms with Crippen LogP contribution in [0.5, 0.6) is 11.5 Å². The summed E-state index contributed by atoms with van der Waals surface area (Å²) in [5, 5.41) is 7.14. The zero-order valence-electron chi connectivity index (χ0n) is 18.1. The van der Waals surface area contributed by atoms with Gasteiger partial charge < -0.3 is 9.47 Å². The van der Waals surface area contributed by atoms with Gasteiger partial charge in [0.15, 0.2) is 11.5 Å². The van der Waals surface area contributed by atoms with E-state index in [-0.39, 0.29) is 0 Å². The fraction of sp³-hybridized carbons (Fsp3) is 0.333. The van der Waals surface area contributed by atoms with E-state index in [1.807, 2.05) is 30.5 Å². The topological polar surface area (TPSA) is 55.7 Å². The van der Waals surface area contributed by atoms with Gasteiger partial charge in [-0.2, -0.15) is 5.10 Å². The van der Waals surface area contributed by atoms with Crippen LogP contribution in [0.4, 0.5) is 5.13 Å². The van der Waals surface area contributed by atoms with E-state index in [9.17, 15) is 0 Å². The van der Waals surface area contributed by atoms with Crippen molar-refractivity contribution in [2.75, 3.05) is 18.6 Å². The Morgan fingerprint density at radius 3 is 2.70 bits per heavy atom. The molecule has 1 heterocycles. The minimum Gasteiger partial charge on any atom is -0.490 e. The average molecular weight is 424 g/mol. The minimum atomic E-state index is 0.587. The molecule has 5 nitrogen and oxygen atoms in total. The number of hydrogen-bond donors (Lipinski definition) is 1. The van der Waals surface area contributed by atoms with Gasteiger partial charge in [0.1, 0.15) is 0 Å². The number of thiazole rings is 1. The lowest BCUT2D eigenvalue weighted by molar-refractivity contribution is 0.272. The predicted molar refractivity (Wildman–Crippen MR) is 126 cm³/mol. The van der Waals surface area contributed by atoms with Crippen molar-refractivity contribution in [3.63, 3.8) is 0 Å². The molecule has 0 fully saturated rings. The third kappa shape index (κ3) is 5.83. The quantitative estimate of drug-likeness (QED) is 0.231. The van der Waals surface area contributed by atoms with Crippen molar-refractivity contribution in [1.29, 1.82) is 0 Å². The number of hydrogen-bond acceptors (Lipinski definition) is 6. The number of nitrogens with zero attached hydrogens (tertiary/aromatic N) is 2. The van der Waals surface area contributed by atoms with Crippen molar-refractivity contribution < 1.29 is 9.47 Å². The Balaban J connectivity index is 1.66. The van der Waals surface area contributed by atoms with Gasteiger partial charge in [0.25, 0.3) is 0 Å². The Labute approximate surface area is 182 Å². The molecule has 0 spiro atoms. The number of aromatic nitrogens is 1. The molecule has 158 valence electrons. The summed E-state index contributed by atoms with van der Waals surface area (Å²) in [4.78, 5) is 4.65. The van der Waals surface area contributed by atoms with Crippen molar-refractivity contribution >= 4 is 22.7 Å². The third-order valence-corrected chi connectivity index (χ3v) is 5.31. The molecule has 0 bridgehead atoms. The van der Waals surface area contributed by atoms with Crippen molar-refractivity contribution in [2.45, 2.75) is 40.5 Å². The monoisotopic (exact) mass is 423 g/mol. The first-order valence-corrected chi connectivity index (χ1v) is 11.2. The number of nitrogens with one attached hydrogen (secondary N) is 1. The molecular weight excluding hydrogens is 394 g/mol. The summed E-state index contributed by atoms with van der Waals surface area (Å²) >= 11 is 1.54. The van der Waals surface area contributed by atoms with E-state index in [1.165, 1.54) is 22.5 Å². The maximum atomic E-state index is 5.83. The first-order chi connectivity index (χ1) is 14.6. The van der Waals surface area contributed by atoms with Crippen LogP contribution in [0.3, 0.4) is 0 Å². The van der Waals surface area contributed by atoms with Crippen LogP contribution in [0, 0.1) is 13.8 Å². The van der Waals surface area contributed by atoms with Gasteiger partial charge >= 0.3 is 0 Å². The van der Waals surface area contributed by atoms with Crippen molar-refractivity contribution in [1.82, 2.24) is 4.98 Å². The van der Waals surface area contributed by atoms with Gasteiger partial charge in [0.05, 0.1) is 25.1 Å². The highest BCUT2D eigenvalue weighted by Crippen LogP contribution is 2.29. The van der Waals surface area contributed by atoms with Gasteiger partial charge in [-0.1, -0.05) is 37.1 Å². The first kappa shape index (κ1) is 21.8. The van der Waals surface area contributed by atoms with Crippen molar-refractivity contribution in [3.8, 4) is 22.8 Å². The highest BCUT2D eigenvalue weighted by molar-refractivity contribution is 7.14. The van der Waals surface area contributed by atoms with E-state index in [1.54, 1.807) is 6.21 Å². The molecule has 0 saturated heterocycles. The van der Waals surface area contributed by atoms with Gasteiger partial charge in [-0.25, -0.2) is 4.98 Å². The van der Waals surface area contributed by atoms with Gasteiger partial charge in [-0.05, 0) is 56.5 Å². The standard InChI is InChI=1S/C24H29N3O2S/c1-5-7-12-29-22-11-9-19(14-23(22)28-6-2)15-25-27-24-26-21(16-30-24)20-10-8-17(3)13-18(20)4/h8-11,13-16H,5-7,12H2,1-4H3,(H,26,27)/b25-15-. The van der Waals surface area contributed by atoms with E-state index >= 15 is 0 Å². The van der Waals surface area contributed by atoms with E-state index < -0.39 is 0 Å². The Bertz CT molecular complexity index is 998. The summed E-state index contributed by atoms with van der Waals surface area (Å²) in [7, 11) is 0. The van der Waals surface area contributed by atoms with Gasteiger partial charge in [0.2, 0.25) is 5.13 Å². The number of hydrazone groups is 1. The van der Waals surface area contributed by atoms with Crippen LogP contribution in [0.15, 0.2) is 46.9 Å². The lowest BCUT2D eigenvalue weighted by Gasteiger charge is -2.12. The fourth-order valence-corrected chi connectivity index (χ4v) is 3.69. The van der Waals surface area contributed by atoms with Crippen LogP contribution in [-0.4, -0.2) is 24.4 Å². The Kier molecular flexibility index (Phi) is 7.85. The summed E-state index contributed by atoms with van der Waals surface area (Å²) in [6.45, 7) is 9.60. The molecule has 0 amide bonds. The highest BCUT2D eigenvalue weighted by Gasteiger charge is 2.08. The summed E-state index contributed by atoms with van der Waals surface area (Å²) in [6.07, 6.45) is 3.88. The van der Waals surface area contributed by atoms with Crippen LogP contribution in [0.25, 0.3) is 11.3 Å². The second-order valence-electron chi connectivity index (χ2n) is 7.07. The van der Waals surface area contributed by atoms with E-state index in [4.69, 9.17) is 9.47 Å². The van der Waals surface area contributed by atoms with Crippen molar-refractivity contribution in [2.24, 2.45) is 5.10 Å². The second-order valence-corrected chi connectivity index (χ2v) is 7.93. The molecule has 1 N–H and O–H groups in total. The summed E-state index contributed by atoms with van der Waals surface area (Å²) in [5.74, 6) is 1.51. The van der Waals surface area contributed by atoms with Crippen LogP contribution in [-0.2, 0) is 0 Å². The molecule has 0 aliphatic heterocycles. The second kappa shape index (κ2) is 10.8. The summed E-state index contributed by atoms with van der Waals surface area (Å²) < 4.78 is 11.6. The number of benzene rings is 2. The van der Waals surface area contributed by atoms with Gasteiger partial charge in [0, 0.05) is 10.9 Å². The predicted octanol–water partition coefficient (Wildman–Crippen LogP) is 6.45. The number of anilines is 1. The number of ether oxygens (including phenoxy) is 2. The maximum Gasteiger partial charge on any atom is 0.203 e. The summed E-state index contributed by atoms with van der Waals surface area (Å²) in [5.41, 5.74) is 8.54. The molecule has 0 atom stereocenters. The molecule has 0 unspecified atom stereocenters. The van der Waals surface area contributed by atoms with Gasteiger partial charge in [-0.15, -0.1) is 11.3 Å². The normalized spacial score (nSPS) is 11.1. The Morgan fingerprint density at radius 2 is 1.93 bits per heavy atom. The molecule has 0 radical (unpaired) electrons. The minimum absolute atomic E-state index is 0.587. The SMILES string of the molecule is CCCCOc1ccc(/C=N\Nc2nc(-c3ccc(C)cc3C)cs2)cc1OCC. The number of aryl methyl sites for hydroxylation is 2. The summed E-state index contributed by atoms with van der Waals surface area (Å²) in [6, 6.07) is 12.2. The van der Waals surface area contributed by atoms with E-state index in [2.05, 4.69) is 54.5 Å². The largest absolute Gasteiger partial charge is 0.490 e. The number of unbranched alkanes of at least 4 members (excludes halogenated alkanes) is 1. The zero-order valence-corrected chi connectivity index (χ0v) is 18.9. The lowest BCUT2D eigenvalue weighted by atomic mass is 10.0. The molecule has 3 aromatic rings. The smallest absolute Gasteiger partial charge is 0.203 e. The molecule has 0 aliphatic rings. The molecule has 0 aliphatic carbocycles. The van der Waals surface area contributed by atoms with Crippen LogP contribution in [0.2, 0.25) is 0 Å². The molecular formula is C24H29N3O2S. The average Bonchev–Trinajstić information content (AvgIpc) is 3.18. The molecule has 1 aromatic heterocycles. The van der Waals surface area contributed by atoms with E-state index in [0.717, 1.165) is 46.3 Å². The van der Waals surface area contributed by atoms with Crippen LogP contribution < -0.4 is 14.9 Å². The molecule has 30 heavy (non-hydrogen) atoms. The number of rotatable bonds is 10. The lowest BCUT2D eigenvalue weighted by Crippen LogP contribution is -2.01. The Hall–Kier alpha value is -2.86. The highest BCUT2D eigenvalue weighted by atomic mass is 32.1. The maximum absolute atomic E-state index is 5.83. The van der Waals surface area contributed by atoms with Crippen molar-refractivity contribution in [3.05, 3.63) is 58.5 Å². The molecule has 2 aromatic carbocycles. The molecule has 6 heteroatoms. The Morgan fingerprint density at radius 1 is 1.07 bits per heavy atom. The first-order valence-electron chi connectivity index (χ1n) is 10.3. The van der Waals surface area contributed by atoms with Crippen LogP contribution >= 0.6 is 11.3 Å². The third-order valence-electron chi connectivity index (χ3n) is 4.56. The molecule has 0 saturated carbocycles. The zero-order chi connectivity index (χ0) is 21.3. The molecule has 3 rings (SSSR count). The van der Waals surface area contributed by atoms with Crippen LogP contribution in [0.1, 0.15) is 43.4 Å². The fourth-order valence-electron chi connectivity index (χ4n) is 3.03. The van der Waals surface area contributed by atoms with Gasteiger partial charge in [-0.3, -0.25) is 5.43 Å². The van der Waals surface area contributed by atoms with E-state index in [0.29, 0.717) is 13.2 Å².